The smallest absolute Gasteiger partial charge is 0.0903 e. The molecule has 34 heavy (non-hydrogen) atoms. The highest BCUT2D eigenvalue weighted by Gasteiger charge is 2.10. The van der Waals surface area contributed by atoms with Crippen molar-refractivity contribution in [3.05, 3.63) is 35.9 Å². The Bertz CT molecular complexity index is 514. The zero-order valence-corrected chi connectivity index (χ0v) is 23.7. The molecule has 0 bridgehead atoms. The van der Waals surface area contributed by atoms with Crippen molar-refractivity contribution >= 4 is 23.4 Å². The third kappa shape index (κ3) is 21.1. The summed E-state index contributed by atoms with van der Waals surface area (Å²) in [6, 6.07) is 10.4. The van der Waals surface area contributed by atoms with E-state index in [-0.39, 0.29) is 6.10 Å². The molecule has 1 unspecified atom stereocenters. The Hall–Kier alpha value is -0.220. The number of hydrogen-bond acceptors (Lipinski definition) is 3. The van der Waals surface area contributed by atoms with Gasteiger partial charge in [-0.25, -0.2) is 0 Å². The largest absolute Gasteiger partial charge is 0.379 e. The molecule has 0 aliphatic carbocycles. The number of halogens is 1. The molecule has 1 aromatic rings. The second-order valence-electron chi connectivity index (χ2n) is 9.56. The highest BCUT2D eigenvalue weighted by Crippen LogP contribution is 2.15. The van der Waals surface area contributed by atoms with Gasteiger partial charge in [-0.1, -0.05) is 121 Å². The van der Waals surface area contributed by atoms with Gasteiger partial charge in [-0.3, -0.25) is 0 Å². The van der Waals surface area contributed by atoms with Crippen LogP contribution in [-0.4, -0.2) is 36.7 Å². The van der Waals surface area contributed by atoms with Crippen molar-refractivity contribution in [1.29, 1.82) is 0 Å². The molecule has 198 valence electrons. The predicted molar refractivity (Wildman–Crippen MR) is 153 cm³/mol. The Morgan fingerprint density at radius 1 is 0.735 bits per heavy atom. The zero-order chi connectivity index (χ0) is 24.4. The van der Waals surface area contributed by atoms with Crippen LogP contribution in [0.1, 0.15) is 115 Å². The third-order valence-electron chi connectivity index (χ3n) is 6.25. The maximum absolute atomic E-state index is 6.19. The number of rotatable bonds is 26. The van der Waals surface area contributed by atoms with Crippen molar-refractivity contribution in [3.8, 4) is 0 Å². The molecule has 1 rings (SSSR count). The lowest BCUT2D eigenvalue weighted by Gasteiger charge is -2.18. The first-order valence-corrected chi connectivity index (χ1v) is 15.9. The molecule has 0 saturated carbocycles. The topological polar surface area (TPSA) is 18.5 Å². The van der Waals surface area contributed by atoms with Gasteiger partial charge in [0.25, 0.3) is 0 Å². The van der Waals surface area contributed by atoms with Crippen molar-refractivity contribution in [2.75, 3.05) is 30.6 Å². The zero-order valence-electron chi connectivity index (χ0n) is 22.1. The van der Waals surface area contributed by atoms with Crippen molar-refractivity contribution < 1.29 is 9.47 Å². The molecule has 1 aromatic carbocycles. The van der Waals surface area contributed by atoms with Crippen LogP contribution in [0.3, 0.4) is 0 Å². The molecule has 0 saturated heterocycles. The van der Waals surface area contributed by atoms with E-state index in [2.05, 4.69) is 31.2 Å². The lowest BCUT2D eigenvalue weighted by molar-refractivity contribution is -0.0127. The van der Waals surface area contributed by atoms with Gasteiger partial charge in [0, 0.05) is 18.2 Å². The normalized spacial score (nSPS) is 12.3. The standard InChI is InChI=1S/C30H53ClO2S/c1-2-3-4-5-6-7-8-9-10-11-12-13-14-20-25-34-28-30(27-32-24-19-18-23-31)33-26-29-21-16-15-17-22-29/h15-17,21-22,30H,2-14,18-20,23-28H2,1H3. The van der Waals surface area contributed by atoms with Gasteiger partial charge in [-0.05, 0) is 30.6 Å². The minimum Gasteiger partial charge on any atom is -0.379 e. The molecule has 2 nitrogen and oxygen atoms in total. The quantitative estimate of drug-likeness (QED) is 0.0908. The molecule has 1 atom stereocenters. The van der Waals surface area contributed by atoms with Crippen LogP contribution in [0, 0.1) is 0 Å². The van der Waals surface area contributed by atoms with E-state index in [0.29, 0.717) is 19.1 Å². The van der Waals surface area contributed by atoms with E-state index in [4.69, 9.17) is 21.1 Å². The van der Waals surface area contributed by atoms with Gasteiger partial charge in [0.15, 0.2) is 0 Å². The summed E-state index contributed by atoms with van der Waals surface area (Å²) in [7, 11) is 0. The fourth-order valence-electron chi connectivity index (χ4n) is 4.06. The van der Waals surface area contributed by atoms with E-state index in [1.54, 1.807) is 0 Å². The highest BCUT2D eigenvalue weighted by molar-refractivity contribution is 7.99. The Morgan fingerprint density at radius 3 is 1.91 bits per heavy atom. The number of thioether (sulfide) groups is 1. The average Bonchev–Trinajstić information content (AvgIpc) is 2.87. The fourth-order valence-corrected chi connectivity index (χ4v) is 5.28. The second-order valence-corrected chi connectivity index (χ2v) is 11.1. The molecule has 0 spiro atoms. The summed E-state index contributed by atoms with van der Waals surface area (Å²) in [5.41, 5.74) is 1.23. The second kappa shape index (κ2) is 25.9. The Kier molecular flexibility index (Phi) is 24.2. The average molecular weight is 513 g/mol. The van der Waals surface area contributed by atoms with E-state index >= 15 is 0 Å². The first-order valence-electron chi connectivity index (χ1n) is 14.2. The van der Waals surface area contributed by atoms with Gasteiger partial charge in [0.05, 0.1) is 19.3 Å². The van der Waals surface area contributed by atoms with E-state index in [9.17, 15) is 0 Å². The number of ether oxygens (including phenoxy) is 2. The lowest BCUT2D eigenvalue weighted by atomic mass is 10.0. The van der Waals surface area contributed by atoms with Crippen molar-refractivity contribution in [1.82, 2.24) is 0 Å². The van der Waals surface area contributed by atoms with Gasteiger partial charge in [0.2, 0.25) is 0 Å². The number of hydrogen-bond donors (Lipinski definition) is 0. The maximum atomic E-state index is 6.19. The van der Waals surface area contributed by atoms with Gasteiger partial charge in [-0.15, -0.1) is 11.6 Å². The summed E-state index contributed by atoms with van der Waals surface area (Å²) in [5.74, 6) is 2.96. The summed E-state index contributed by atoms with van der Waals surface area (Å²) >= 11 is 7.78. The molecule has 0 radical (unpaired) electrons. The van der Waals surface area contributed by atoms with Crippen molar-refractivity contribution in [2.45, 2.75) is 122 Å². The maximum Gasteiger partial charge on any atom is 0.0903 e. The lowest BCUT2D eigenvalue weighted by Crippen LogP contribution is -2.23. The van der Waals surface area contributed by atoms with E-state index in [1.807, 2.05) is 17.8 Å². The SMILES string of the molecule is CCCCCCCCCCCCCCCCSCC(COCCCCCl)OCc1ccccc1. The molecule has 0 fully saturated rings. The summed E-state index contributed by atoms with van der Waals surface area (Å²) in [6.45, 7) is 4.42. The van der Waals surface area contributed by atoms with E-state index in [0.717, 1.165) is 25.2 Å². The molecule has 4 heteroatoms. The van der Waals surface area contributed by atoms with Crippen molar-refractivity contribution in [2.24, 2.45) is 0 Å². The van der Waals surface area contributed by atoms with Crippen LogP contribution in [0.2, 0.25) is 0 Å². The molecular weight excluding hydrogens is 460 g/mol. The van der Waals surface area contributed by atoms with Gasteiger partial charge >= 0.3 is 0 Å². The summed E-state index contributed by atoms with van der Waals surface area (Å²) < 4.78 is 12.1. The molecule has 0 amide bonds. The predicted octanol–water partition coefficient (Wildman–Crippen LogP) is 9.82. The van der Waals surface area contributed by atoms with Crippen LogP contribution in [0.4, 0.5) is 0 Å². The van der Waals surface area contributed by atoms with Gasteiger partial charge < -0.3 is 9.47 Å². The molecule has 0 N–H and O–H groups in total. The Labute approximate surface area is 221 Å². The van der Waals surface area contributed by atoms with E-state index < -0.39 is 0 Å². The Balaban J connectivity index is 1.98. The first kappa shape index (κ1) is 31.8. The molecular formula is C30H53ClO2S. The van der Waals surface area contributed by atoms with Crippen LogP contribution in [0.15, 0.2) is 30.3 Å². The number of unbranched alkanes of at least 4 members (excludes halogenated alkanes) is 14. The molecule has 0 aromatic heterocycles. The van der Waals surface area contributed by atoms with Crippen LogP contribution in [0.5, 0.6) is 0 Å². The van der Waals surface area contributed by atoms with Crippen LogP contribution >= 0.6 is 23.4 Å². The molecule has 0 aliphatic rings. The van der Waals surface area contributed by atoms with Crippen LogP contribution in [0.25, 0.3) is 0 Å². The molecule has 0 heterocycles. The third-order valence-corrected chi connectivity index (χ3v) is 7.70. The summed E-state index contributed by atoms with van der Waals surface area (Å²) in [5, 5.41) is 0. The van der Waals surface area contributed by atoms with Gasteiger partial charge in [0.1, 0.15) is 0 Å². The Morgan fingerprint density at radius 2 is 1.32 bits per heavy atom. The molecule has 0 aliphatic heterocycles. The number of benzene rings is 1. The summed E-state index contributed by atoms with van der Waals surface area (Å²) in [4.78, 5) is 0. The van der Waals surface area contributed by atoms with Crippen LogP contribution in [-0.2, 0) is 16.1 Å². The summed E-state index contributed by atoms with van der Waals surface area (Å²) in [6.07, 6.45) is 22.1. The number of alkyl halides is 1. The first-order chi connectivity index (χ1) is 16.9. The minimum atomic E-state index is 0.160. The van der Waals surface area contributed by atoms with Crippen LogP contribution < -0.4 is 0 Å². The highest BCUT2D eigenvalue weighted by atomic mass is 35.5. The minimum absolute atomic E-state index is 0.160. The monoisotopic (exact) mass is 512 g/mol. The van der Waals surface area contributed by atoms with Gasteiger partial charge in [-0.2, -0.15) is 11.8 Å². The van der Waals surface area contributed by atoms with Crippen molar-refractivity contribution in [3.63, 3.8) is 0 Å². The van der Waals surface area contributed by atoms with E-state index in [1.165, 1.54) is 101 Å². The fraction of sp³-hybridized carbons (Fsp3) is 0.800.